The van der Waals surface area contributed by atoms with E-state index in [0.717, 1.165) is 0 Å². The topological polar surface area (TPSA) is 29.5 Å². The second kappa shape index (κ2) is 7.03. The highest BCUT2D eigenvalue weighted by molar-refractivity contribution is 5.99. The Morgan fingerprint density at radius 3 is 2.52 bits per heavy atom. The summed E-state index contributed by atoms with van der Waals surface area (Å²) < 4.78 is 18.9. The summed E-state index contributed by atoms with van der Waals surface area (Å²) in [6.07, 6.45) is 0.272. The van der Waals surface area contributed by atoms with Crippen molar-refractivity contribution < 1.29 is 13.9 Å². The monoisotopic (exact) mass is 295 g/mol. The van der Waals surface area contributed by atoms with Crippen LogP contribution in [0.1, 0.15) is 44.5 Å². The Kier molecular flexibility index (Phi) is 5.90. The number of ketones is 1. The van der Waals surface area contributed by atoms with Gasteiger partial charge in [0.1, 0.15) is 11.6 Å². The fourth-order valence-electron chi connectivity index (χ4n) is 2.20. The zero-order valence-corrected chi connectivity index (χ0v) is 13.9. The molecule has 0 spiro atoms. The van der Waals surface area contributed by atoms with Crippen LogP contribution in [0.5, 0.6) is 5.75 Å². The zero-order valence-electron chi connectivity index (χ0n) is 13.9. The van der Waals surface area contributed by atoms with Crippen LogP contribution in [0.2, 0.25) is 0 Å². The van der Waals surface area contributed by atoms with Gasteiger partial charge in [-0.15, -0.1) is 0 Å². The SMILES string of the molecule is COc1cccc(F)c1C(=O)CCN(C)C(C)C(C)(C)C. The highest BCUT2D eigenvalue weighted by Gasteiger charge is 2.25. The Labute approximate surface area is 127 Å². The molecule has 1 aromatic carbocycles. The molecule has 0 aliphatic carbocycles. The van der Waals surface area contributed by atoms with Crippen LogP contribution in [0.4, 0.5) is 4.39 Å². The number of rotatable bonds is 6. The van der Waals surface area contributed by atoms with Crippen molar-refractivity contribution in [3.63, 3.8) is 0 Å². The molecule has 0 aliphatic heterocycles. The van der Waals surface area contributed by atoms with E-state index in [2.05, 4.69) is 32.6 Å². The molecule has 0 saturated carbocycles. The molecule has 0 radical (unpaired) electrons. The second-order valence-electron chi connectivity index (χ2n) is 6.51. The molecule has 0 bridgehead atoms. The third-order valence-electron chi connectivity index (χ3n) is 4.08. The van der Waals surface area contributed by atoms with Crippen molar-refractivity contribution >= 4 is 5.78 Å². The van der Waals surface area contributed by atoms with Gasteiger partial charge >= 0.3 is 0 Å². The van der Waals surface area contributed by atoms with E-state index in [-0.39, 0.29) is 23.2 Å². The van der Waals surface area contributed by atoms with Crippen LogP contribution in [-0.4, -0.2) is 37.4 Å². The van der Waals surface area contributed by atoms with E-state index >= 15 is 0 Å². The van der Waals surface area contributed by atoms with Gasteiger partial charge < -0.3 is 9.64 Å². The molecule has 0 saturated heterocycles. The number of Topliss-reactive ketones (excluding diaryl/α,β-unsaturated/α-hetero) is 1. The lowest BCUT2D eigenvalue weighted by atomic mass is 9.87. The van der Waals surface area contributed by atoms with Gasteiger partial charge in [0, 0.05) is 19.0 Å². The number of methoxy groups -OCH3 is 1. The van der Waals surface area contributed by atoms with Crippen LogP contribution in [-0.2, 0) is 0 Å². The summed E-state index contributed by atoms with van der Waals surface area (Å²) in [5.41, 5.74) is 0.185. The number of nitrogens with zero attached hydrogens (tertiary/aromatic N) is 1. The first-order chi connectivity index (χ1) is 9.68. The average Bonchev–Trinajstić information content (AvgIpc) is 2.42. The normalized spacial score (nSPS) is 13.3. The van der Waals surface area contributed by atoms with E-state index in [9.17, 15) is 9.18 Å². The van der Waals surface area contributed by atoms with Gasteiger partial charge in [-0.05, 0) is 31.5 Å². The lowest BCUT2D eigenvalue weighted by Crippen LogP contribution is -2.40. The Bertz CT molecular complexity index is 494. The predicted molar refractivity (Wildman–Crippen MR) is 83.4 cm³/mol. The van der Waals surface area contributed by atoms with Gasteiger partial charge in [0.25, 0.3) is 0 Å². The molecule has 3 nitrogen and oxygen atoms in total. The van der Waals surface area contributed by atoms with Crippen molar-refractivity contribution in [2.45, 2.75) is 40.2 Å². The highest BCUT2D eigenvalue weighted by atomic mass is 19.1. The third kappa shape index (κ3) is 4.53. The van der Waals surface area contributed by atoms with Crippen LogP contribution in [0, 0.1) is 11.2 Å². The van der Waals surface area contributed by atoms with Crippen molar-refractivity contribution in [1.82, 2.24) is 4.90 Å². The van der Waals surface area contributed by atoms with Crippen LogP contribution in [0.25, 0.3) is 0 Å². The van der Waals surface area contributed by atoms with E-state index in [4.69, 9.17) is 4.74 Å². The van der Waals surface area contributed by atoms with E-state index in [1.807, 2.05) is 7.05 Å². The summed E-state index contributed by atoms with van der Waals surface area (Å²) in [5.74, 6) is -0.449. The predicted octanol–water partition coefficient (Wildman–Crippen LogP) is 3.77. The van der Waals surface area contributed by atoms with Crippen molar-refractivity contribution in [3.05, 3.63) is 29.6 Å². The second-order valence-corrected chi connectivity index (χ2v) is 6.51. The van der Waals surface area contributed by atoms with Gasteiger partial charge in [0.2, 0.25) is 0 Å². The molecule has 0 heterocycles. The van der Waals surface area contributed by atoms with Crippen LogP contribution in [0.3, 0.4) is 0 Å². The van der Waals surface area contributed by atoms with Gasteiger partial charge in [-0.25, -0.2) is 4.39 Å². The number of ether oxygens (including phenoxy) is 1. The molecule has 0 amide bonds. The third-order valence-corrected chi connectivity index (χ3v) is 4.08. The molecule has 1 atom stereocenters. The van der Waals surface area contributed by atoms with Gasteiger partial charge in [0.05, 0.1) is 12.7 Å². The molecule has 1 unspecified atom stereocenters. The van der Waals surface area contributed by atoms with E-state index in [0.29, 0.717) is 18.3 Å². The molecule has 0 aliphatic rings. The van der Waals surface area contributed by atoms with Crippen LogP contribution in [0.15, 0.2) is 18.2 Å². The van der Waals surface area contributed by atoms with E-state index in [1.54, 1.807) is 12.1 Å². The maximum absolute atomic E-state index is 13.8. The molecule has 118 valence electrons. The minimum absolute atomic E-state index is 0.0526. The first-order valence-electron chi connectivity index (χ1n) is 7.24. The maximum atomic E-state index is 13.8. The molecular formula is C17H26FNO2. The number of halogens is 1. The molecule has 1 rings (SSSR count). The first-order valence-corrected chi connectivity index (χ1v) is 7.24. The Morgan fingerprint density at radius 2 is 2.00 bits per heavy atom. The molecule has 0 fully saturated rings. The lowest BCUT2D eigenvalue weighted by molar-refractivity contribution is 0.0921. The summed E-state index contributed by atoms with van der Waals surface area (Å²) in [6.45, 7) is 9.21. The minimum atomic E-state index is -0.522. The largest absolute Gasteiger partial charge is 0.496 e. The molecule has 1 aromatic rings. The molecule has 4 heteroatoms. The van der Waals surface area contributed by atoms with Crippen molar-refractivity contribution in [2.24, 2.45) is 5.41 Å². The summed E-state index contributed by atoms with van der Waals surface area (Å²) in [6, 6.07) is 4.76. The zero-order chi connectivity index (χ0) is 16.2. The fraction of sp³-hybridized carbons (Fsp3) is 0.588. The van der Waals surface area contributed by atoms with Crippen LogP contribution < -0.4 is 4.74 Å². The van der Waals surface area contributed by atoms with Crippen molar-refractivity contribution in [1.29, 1.82) is 0 Å². The van der Waals surface area contributed by atoms with Crippen molar-refractivity contribution in [2.75, 3.05) is 20.7 Å². The summed E-state index contributed by atoms with van der Waals surface area (Å²) >= 11 is 0. The molecule has 0 N–H and O–H groups in total. The van der Waals surface area contributed by atoms with Gasteiger partial charge in [0.15, 0.2) is 5.78 Å². The Morgan fingerprint density at radius 1 is 1.38 bits per heavy atom. The molecule has 21 heavy (non-hydrogen) atoms. The molecule has 0 aromatic heterocycles. The van der Waals surface area contributed by atoms with E-state index < -0.39 is 5.82 Å². The quantitative estimate of drug-likeness (QED) is 0.748. The maximum Gasteiger partial charge on any atom is 0.170 e. The Hall–Kier alpha value is -1.42. The van der Waals surface area contributed by atoms with Gasteiger partial charge in [-0.2, -0.15) is 0 Å². The minimum Gasteiger partial charge on any atom is -0.496 e. The lowest BCUT2D eigenvalue weighted by Gasteiger charge is -2.35. The van der Waals surface area contributed by atoms with Gasteiger partial charge in [-0.3, -0.25) is 4.79 Å². The Balaban J connectivity index is 2.75. The number of benzene rings is 1. The highest BCUT2D eigenvalue weighted by Crippen LogP contribution is 2.25. The van der Waals surface area contributed by atoms with Gasteiger partial charge in [-0.1, -0.05) is 26.8 Å². The van der Waals surface area contributed by atoms with Crippen LogP contribution >= 0.6 is 0 Å². The number of carbonyl (C=O) groups excluding carboxylic acids is 1. The first kappa shape index (κ1) is 17.6. The molecular weight excluding hydrogens is 269 g/mol. The summed E-state index contributed by atoms with van der Waals surface area (Å²) in [5, 5.41) is 0. The summed E-state index contributed by atoms with van der Waals surface area (Å²) in [4.78, 5) is 14.4. The number of hydrogen-bond donors (Lipinski definition) is 0. The average molecular weight is 295 g/mol. The number of hydrogen-bond acceptors (Lipinski definition) is 3. The fourth-order valence-corrected chi connectivity index (χ4v) is 2.20. The summed E-state index contributed by atoms with van der Waals surface area (Å²) in [7, 11) is 3.43. The standard InChI is InChI=1S/C17H26FNO2/c1-12(17(2,3)4)19(5)11-10-14(20)16-13(18)8-7-9-15(16)21-6/h7-9,12H,10-11H2,1-6H3. The van der Waals surface area contributed by atoms with E-state index in [1.165, 1.54) is 13.2 Å². The smallest absolute Gasteiger partial charge is 0.170 e. The van der Waals surface area contributed by atoms with Crippen molar-refractivity contribution in [3.8, 4) is 5.75 Å². The number of carbonyl (C=O) groups is 1.